The Bertz CT molecular complexity index is 737. The number of carbonyl (C=O) groups excluding carboxylic acids is 4. The number of carbonyl (C=O) groups is 4. The third-order valence-corrected chi connectivity index (χ3v) is 6.21. The van der Waals surface area contributed by atoms with Crippen LogP contribution in [0.5, 0.6) is 0 Å². The molecule has 0 radical (unpaired) electrons. The van der Waals surface area contributed by atoms with E-state index in [-0.39, 0.29) is 43.0 Å². The first-order chi connectivity index (χ1) is 16.7. The summed E-state index contributed by atoms with van der Waals surface area (Å²) >= 11 is 0. The Morgan fingerprint density at radius 2 is 1.34 bits per heavy atom. The normalized spacial score (nSPS) is 15.1. The van der Waals surface area contributed by atoms with Gasteiger partial charge in [-0.05, 0) is 19.3 Å². The lowest BCUT2D eigenvalue weighted by Crippen LogP contribution is -2.32. The van der Waals surface area contributed by atoms with Gasteiger partial charge in [-0.25, -0.2) is 4.57 Å². The van der Waals surface area contributed by atoms with Gasteiger partial charge in [0.25, 0.3) is 11.8 Å². The fraction of sp³-hybridized carbons (Fsp3) is 0.739. The number of amides is 2. The molecule has 11 nitrogen and oxygen atoms in total. The van der Waals surface area contributed by atoms with Crippen molar-refractivity contribution in [1.29, 1.82) is 0 Å². The molecule has 0 fully saturated rings. The van der Waals surface area contributed by atoms with Crippen molar-refractivity contribution in [1.82, 2.24) is 4.90 Å². The number of unbranched alkanes of at least 4 members (excludes halogenated alkanes) is 4. The highest BCUT2D eigenvalue weighted by Gasteiger charge is 2.23. The molecule has 0 aromatic carbocycles. The summed E-state index contributed by atoms with van der Waals surface area (Å²) in [7, 11) is -2.76. The number of rotatable bonds is 23. The molecule has 0 aliphatic carbocycles. The molecule has 1 rings (SSSR count). The van der Waals surface area contributed by atoms with Crippen molar-refractivity contribution in [3.05, 3.63) is 12.2 Å². The molecular weight excluding hydrogens is 481 g/mol. The highest BCUT2D eigenvalue weighted by molar-refractivity contribution is 7.47. The minimum atomic E-state index is -3.88. The highest BCUT2D eigenvalue weighted by Crippen LogP contribution is 2.41. The van der Waals surface area contributed by atoms with Crippen molar-refractivity contribution in [3.63, 3.8) is 0 Å². The van der Waals surface area contributed by atoms with Crippen LogP contribution in [0.25, 0.3) is 0 Å². The van der Waals surface area contributed by atoms with Gasteiger partial charge in [-0.3, -0.25) is 33.1 Å². The van der Waals surface area contributed by atoms with Gasteiger partial charge < -0.3 is 14.4 Å². The van der Waals surface area contributed by atoms with Gasteiger partial charge >= 0.3 is 7.82 Å². The fourth-order valence-corrected chi connectivity index (χ4v) is 3.67. The summed E-state index contributed by atoms with van der Waals surface area (Å²) in [6.07, 6.45) is 8.46. The molecule has 1 N–H and O–H groups in total. The highest BCUT2D eigenvalue weighted by atomic mass is 31.2. The molecule has 12 heteroatoms. The predicted molar refractivity (Wildman–Crippen MR) is 126 cm³/mol. The van der Waals surface area contributed by atoms with E-state index in [1.54, 1.807) is 0 Å². The lowest BCUT2D eigenvalue weighted by atomic mass is 10.1. The third kappa shape index (κ3) is 15.8. The number of nitrogens with zero attached hydrogens (tertiary/aromatic N) is 1. The van der Waals surface area contributed by atoms with Crippen molar-refractivity contribution >= 4 is 31.2 Å². The van der Waals surface area contributed by atoms with Gasteiger partial charge in [0.1, 0.15) is 11.6 Å². The molecule has 1 aliphatic rings. The van der Waals surface area contributed by atoms with Crippen LogP contribution in [0.2, 0.25) is 0 Å². The predicted octanol–water partition coefficient (Wildman–Crippen LogP) is 2.75. The van der Waals surface area contributed by atoms with E-state index in [1.165, 1.54) is 12.2 Å². The largest absolute Gasteiger partial charge is 0.471 e. The molecule has 0 aromatic heterocycles. The average molecular weight is 520 g/mol. The van der Waals surface area contributed by atoms with E-state index >= 15 is 0 Å². The van der Waals surface area contributed by atoms with Gasteiger partial charge in [0.05, 0.1) is 26.4 Å². The summed E-state index contributed by atoms with van der Waals surface area (Å²) in [6, 6.07) is 0. The monoisotopic (exact) mass is 519 g/mol. The molecule has 0 saturated carbocycles. The lowest BCUT2D eigenvalue weighted by molar-refractivity contribution is -0.137. The summed E-state index contributed by atoms with van der Waals surface area (Å²) in [5, 5.41) is 0. The molecule has 2 amide bonds. The number of Topliss-reactive ketones (excluding diaryl/α,β-unsaturated/α-hetero) is 2. The van der Waals surface area contributed by atoms with Crippen molar-refractivity contribution in [2.75, 3.05) is 46.7 Å². The maximum atomic E-state index is 11.9. The quantitative estimate of drug-likeness (QED) is 0.121. The van der Waals surface area contributed by atoms with Crippen LogP contribution in [0.1, 0.15) is 64.2 Å². The number of phosphoric acid groups is 1. The zero-order chi connectivity index (χ0) is 25.9. The molecule has 1 heterocycles. The van der Waals surface area contributed by atoms with Crippen molar-refractivity contribution in [2.24, 2.45) is 0 Å². The molecule has 35 heavy (non-hydrogen) atoms. The van der Waals surface area contributed by atoms with Crippen molar-refractivity contribution < 1.29 is 47.2 Å². The fourth-order valence-electron chi connectivity index (χ4n) is 3.20. The van der Waals surface area contributed by atoms with E-state index in [2.05, 4.69) is 4.52 Å². The van der Waals surface area contributed by atoms with Gasteiger partial charge in [-0.1, -0.05) is 19.3 Å². The van der Waals surface area contributed by atoms with E-state index < -0.39 is 7.82 Å². The second-order valence-corrected chi connectivity index (χ2v) is 9.63. The molecular formula is C23H38NO10P. The van der Waals surface area contributed by atoms with Gasteiger partial charge in [0, 0.05) is 58.1 Å². The van der Waals surface area contributed by atoms with Gasteiger partial charge in [0.2, 0.25) is 0 Å². The van der Waals surface area contributed by atoms with E-state index in [0.717, 1.165) is 37.7 Å². The number of ketones is 2. The van der Waals surface area contributed by atoms with Crippen LogP contribution in [-0.2, 0) is 42.3 Å². The summed E-state index contributed by atoms with van der Waals surface area (Å²) in [5.41, 5.74) is 0. The molecule has 1 aliphatic heterocycles. The van der Waals surface area contributed by atoms with Gasteiger partial charge in [-0.15, -0.1) is 0 Å². The second kappa shape index (κ2) is 18.5. The molecule has 0 aromatic rings. The number of phosphoric ester groups is 1. The minimum absolute atomic E-state index is 0.0230. The van der Waals surface area contributed by atoms with Crippen LogP contribution >= 0.6 is 7.82 Å². The Balaban J connectivity index is 1.83. The minimum Gasteiger partial charge on any atom is -0.379 e. The maximum Gasteiger partial charge on any atom is 0.471 e. The Hall–Kier alpha value is -1.75. The first-order valence-electron chi connectivity index (χ1n) is 12.0. The van der Waals surface area contributed by atoms with Crippen molar-refractivity contribution in [2.45, 2.75) is 64.2 Å². The average Bonchev–Trinajstić information content (AvgIpc) is 3.15. The summed E-state index contributed by atoms with van der Waals surface area (Å²) in [5.74, 6) is -0.630. The van der Waals surface area contributed by atoms with Gasteiger partial charge in [0.15, 0.2) is 0 Å². The summed E-state index contributed by atoms with van der Waals surface area (Å²) < 4.78 is 31.0. The van der Waals surface area contributed by atoms with E-state index in [4.69, 9.17) is 18.9 Å². The van der Waals surface area contributed by atoms with E-state index in [1.807, 2.05) is 0 Å². The Labute approximate surface area is 206 Å². The Morgan fingerprint density at radius 1 is 0.771 bits per heavy atom. The van der Waals surface area contributed by atoms with Crippen molar-refractivity contribution in [3.8, 4) is 0 Å². The van der Waals surface area contributed by atoms with Crippen LogP contribution in [-0.4, -0.2) is 79.9 Å². The molecule has 1 atom stereocenters. The van der Waals surface area contributed by atoms with Crippen LogP contribution in [0.15, 0.2) is 12.2 Å². The van der Waals surface area contributed by atoms with Crippen LogP contribution in [0, 0.1) is 0 Å². The van der Waals surface area contributed by atoms with Crippen LogP contribution in [0.3, 0.4) is 0 Å². The standard InChI is InChI=1S/C23H38NO10P/c1-31-35(29,30)34-16-6-4-2-3-5-8-21(26)13-17-33-19-18-32-15-7-9-20(25)12-14-24-22(27)10-11-23(24)28/h10-11H,2-9,12-19H2,1H3,(H,29,30). The van der Waals surface area contributed by atoms with E-state index in [9.17, 15) is 23.7 Å². The number of hydrogen-bond donors (Lipinski definition) is 1. The lowest BCUT2D eigenvalue weighted by Gasteiger charge is -2.12. The smallest absolute Gasteiger partial charge is 0.379 e. The summed E-state index contributed by atoms with van der Waals surface area (Å²) in [6.45, 7) is 1.79. The number of imide groups is 1. The van der Waals surface area contributed by atoms with Gasteiger partial charge in [-0.2, -0.15) is 0 Å². The first-order valence-corrected chi connectivity index (χ1v) is 13.5. The number of hydrogen-bond acceptors (Lipinski definition) is 9. The number of ether oxygens (including phenoxy) is 2. The molecule has 0 spiro atoms. The SMILES string of the molecule is COP(=O)(O)OCCCCCCCC(=O)CCOCCOCCCC(=O)CCN1C(=O)C=CC1=O. The Morgan fingerprint density at radius 3 is 2.03 bits per heavy atom. The van der Waals surface area contributed by atoms with Crippen LogP contribution < -0.4 is 0 Å². The van der Waals surface area contributed by atoms with Crippen LogP contribution in [0.4, 0.5) is 0 Å². The van der Waals surface area contributed by atoms with E-state index in [0.29, 0.717) is 58.5 Å². The third-order valence-electron chi connectivity index (χ3n) is 5.24. The molecule has 1 unspecified atom stereocenters. The molecule has 0 saturated heterocycles. The molecule has 200 valence electrons. The summed E-state index contributed by atoms with van der Waals surface area (Å²) in [4.78, 5) is 56.6. The zero-order valence-corrected chi connectivity index (χ0v) is 21.4. The first kappa shape index (κ1) is 31.3. The zero-order valence-electron chi connectivity index (χ0n) is 20.5. The topological polar surface area (TPSA) is 146 Å². The second-order valence-electron chi connectivity index (χ2n) is 8.07. The maximum absolute atomic E-state index is 11.9. The Kier molecular flexibility index (Phi) is 16.5. The molecule has 0 bridgehead atoms.